The number of carbonyl (C=O) groups excluding carboxylic acids is 1. The first kappa shape index (κ1) is 16.9. The summed E-state index contributed by atoms with van der Waals surface area (Å²) in [6, 6.07) is 15.9. The molecular weight excluding hydrogens is 326 g/mol. The number of hydrogen-bond acceptors (Lipinski definition) is 4. The smallest absolute Gasteiger partial charge is 0.255 e. The average molecular weight is 351 g/mol. The van der Waals surface area contributed by atoms with Crippen molar-refractivity contribution in [2.24, 2.45) is 0 Å². The van der Waals surface area contributed by atoms with E-state index >= 15 is 0 Å². The number of nitrogens with one attached hydrogen (secondary N) is 1. The zero-order valence-electron chi connectivity index (χ0n) is 15.0. The summed E-state index contributed by atoms with van der Waals surface area (Å²) >= 11 is 0. The highest BCUT2D eigenvalue weighted by molar-refractivity contribution is 6.04. The van der Waals surface area contributed by atoms with Crippen LogP contribution in [0, 0.1) is 0 Å². The maximum absolute atomic E-state index is 12.6. The highest BCUT2D eigenvalue weighted by Gasteiger charge is 2.14. The Bertz CT molecular complexity index is 748. The monoisotopic (exact) mass is 351 g/mol. The zero-order chi connectivity index (χ0) is 17.8. The number of nitrogens with zero attached hydrogens (tertiary/aromatic N) is 2. The minimum Gasteiger partial charge on any atom is -0.378 e. The molecule has 2 heterocycles. The Morgan fingerprint density at radius 2 is 1.54 bits per heavy atom. The lowest BCUT2D eigenvalue weighted by molar-refractivity contribution is 0.102. The summed E-state index contributed by atoms with van der Waals surface area (Å²) in [7, 11) is 0. The maximum Gasteiger partial charge on any atom is 0.255 e. The predicted molar refractivity (Wildman–Crippen MR) is 105 cm³/mol. The summed E-state index contributed by atoms with van der Waals surface area (Å²) in [6.07, 6.45) is 2.50. The van der Waals surface area contributed by atoms with E-state index in [1.807, 2.05) is 42.5 Å². The summed E-state index contributed by atoms with van der Waals surface area (Å²) in [5.74, 6) is -0.0721. The van der Waals surface area contributed by atoms with E-state index in [2.05, 4.69) is 21.2 Å². The minimum atomic E-state index is -0.0721. The Morgan fingerprint density at radius 3 is 2.27 bits per heavy atom. The summed E-state index contributed by atoms with van der Waals surface area (Å²) in [4.78, 5) is 17.2. The molecule has 2 aliphatic heterocycles. The van der Waals surface area contributed by atoms with Crippen molar-refractivity contribution in [1.82, 2.24) is 0 Å². The first-order valence-electron chi connectivity index (χ1n) is 9.39. The van der Waals surface area contributed by atoms with Gasteiger partial charge in [0.05, 0.1) is 13.2 Å². The fourth-order valence-electron chi connectivity index (χ4n) is 3.60. The van der Waals surface area contributed by atoms with Gasteiger partial charge in [0, 0.05) is 48.8 Å². The lowest BCUT2D eigenvalue weighted by atomic mass is 10.1. The third kappa shape index (κ3) is 3.83. The third-order valence-electron chi connectivity index (χ3n) is 5.08. The van der Waals surface area contributed by atoms with E-state index in [1.54, 1.807) is 0 Å². The fraction of sp³-hybridized carbons (Fsp3) is 0.381. The van der Waals surface area contributed by atoms with Crippen LogP contribution in [0.25, 0.3) is 0 Å². The molecule has 0 atom stereocenters. The van der Waals surface area contributed by atoms with Gasteiger partial charge in [0.2, 0.25) is 0 Å². The van der Waals surface area contributed by atoms with Crippen LogP contribution in [0.4, 0.5) is 17.1 Å². The standard InChI is InChI=1S/C21H25N3O2/c25-21(17-6-8-19(9-7-17)23-10-1-2-11-23)22-18-4-3-5-20(16-18)24-12-14-26-15-13-24/h3-9,16H,1-2,10-15H2,(H,22,25). The van der Waals surface area contributed by atoms with E-state index in [1.165, 1.54) is 18.5 Å². The highest BCUT2D eigenvalue weighted by Crippen LogP contribution is 2.23. The van der Waals surface area contributed by atoms with Crippen molar-refractivity contribution in [3.8, 4) is 0 Å². The lowest BCUT2D eigenvalue weighted by Gasteiger charge is -2.29. The Morgan fingerprint density at radius 1 is 0.846 bits per heavy atom. The molecule has 2 fully saturated rings. The molecule has 0 aromatic heterocycles. The van der Waals surface area contributed by atoms with Gasteiger partial charge in [-0.15, -0.1) is 0 Å². The topological polar surface area (TPSA) is 44.8 Å². The van der Waals surface area contributed by atoms with Gasteiger partial charge in [0.25, 0.3) is 5.91 Å². The Kier molecular flexibility index (Phi) is 5.07. The molecule has 5 heteroatoms. The van der Waals surface area contributed by atoms with Gasteiger partial charge in [-0.25, -0.2) is 0 Å². The molecule has 2 aliphatic rings. The number of ether oxygens (including phenoxy) is 1. The van der Waals surface area contributed by atoms with Crippen LogP contribution in [0.1, 0.15) is 23.2 Å². The number of hydrogen-bond donors (Lipinski definition) is 1. The first-order valence-corrected chi connectivity index (χ1v) is 9.39. The van der Waals surface area contributed by atoms with Gasteiger partial charge >= 0.3 is 0 Å². The van der Waals surface area contributed by atoms with Crippen molar-refractivity contribution in [3.63, 3.8) is 0 Å². The van der Waals surface area contributed by atoms with Gasteiger partial charge in [0.1, 0.15) is 0 Å². The predicted octanol–water partition coefficient (Wildman–Crippen LogP) is 3.38. The molecule has 2 saturated heterocycles. The van der Waals surface area contributed by atoms with Crippen LogP contribution >= 0.6 is 0 Å². The second-order valence-electron chi connectivity index (χ2n) is 6.84. The highest BCUT2D eigenvalue weighted by atomic mass is 16.5. The number of carbonyl (C=O) groups is 1. The lowest BCUT2D eigenvalue weighted by Crippen LogP contribution is -2.36. The Labute approximate surface area is 154 Å². The van der Waals surface area contributed by atoms with Crippen molar-refractivity contribution >= 4 is 23.0 Å². The van der Waals surface area contributed by atoms with Crippen LogP contribution in [0.5, 0.6) is 0 Å². The van der Waals surface area contributed by atoms with Crippen LogP contribution in [0.2, 0.25) is 0 Å². The number of anilines is 3. The van der Waals surface area contributed by atoms with E-state index in [9.17, 15) is 4.79 Å². The second-order valence-corrected chi connectivity index (χ2v) is 6.84. The Balaban J connectivity index is 1.42. The van der Waals surface area contributed by atoms with E-state index in [4.69, 9.17) is 4.74 Å². The van der Waals surface area contributed by atoms with Gasteiger partial charge in [-0.05, 0) is 55.3 Å². The van der Waals surface area contributed by atoms with Gasteiger partial charge in [-0.1, -0.05) is 6.07 Å². The molecule has 26 heavy (non-hydrogen) atoms. The van der Waals surface area contributed by atoms with Crippen molar-refractivity contribution < 1.29 is 9.53 Å². The van der Waals surface area contributed by atoms with E-state index < -0.39 is 0 Å². The molecule has 1 amide bonds. The molecule has 2 aromatic carbocycles. The summed E-state index contributed by atoms with van der Waals surface area (Å²) in [6.45, 7) is 5.49. The Hall–Kier alpha value is -2.53. The summed E-state index contributed by atoms with van der Waals surface area (Å²) < 4.78 is 5.41. The molecule has 4 rings (SSSR count). The van der Waals surface area contributed by atoms with Crippen molar-refractivity contribution in [1.29, 1.82) is 0 Å². The molecule has 0 aliphatic carbocycles. The molecule has 0 spiro atoms. The van der Waals surface area contributed by atoms with Gasteiger partial charge in [-0.3, -0.25) is 4.79 Å². The number of rotatable bonds is 4. The van der Waals surface area contributed by atoms with Crippen molar-refractivity contribution in [2.45, 2.75) is 12.8 Å². The molecule has 2 aromatic rings. The molecule has 136 valence electrons. The van der Waals surface area contributed by atoms with Gasteiger partial charge in [0.15, 0.2) is 0 Å². The second kappa shape index (κ2) is 7.79. The van der Waals surface area contributed by atoms with Crippen molar-refractivity contribution in [2.75, 3.05) is 54.5 Å². The first-order chi connectivity index (χ1) is 12.8. The summed E-state index contributed by atoms with van der Waals surface area (Å²) in [5.41, 5.74) is 3.83. The van der Waals surface area contributed by atoms with Crippen LogP contribution in [0.3, 0.4) is 0 Å². The molecule has 0 bridgehead atoms. The number of amides is 1. The van der Waals surface area contributed by atoms with Crippen LogP contribution in [-0.4, -0.2) is 45.3 Å². The van der Waals surface area contributed by atoms with Crippen molar-refractivity contribution in [3.05, 3.63) is 54.1 Å². The van der Waals surface area contributed by atoms with E-state index in [0.29, 0.717) is 5.56 Å². The number of benzene rings is 2. The van der Waals surface area contributed by atoms with Crippen LogP contribution in [-0.2, 0) is 4.74 Å². The molecule has 1 N–H and O–H groups in total. The van der Waals surface area contributed by atoms with Crippen LogP contribution in [0.15, 0.2) is 48.5 Å². The number of morpholine rings is 1. The molecular formula is C21H25N3O2. The normalized spacial score (nSPS) is 17.4. The SMILES string of the molecule is O=C(Nc1cccc(N2CCOCC2)c1)c1ccc(N2CCCC2)cc1. The van der Waals surface area contributed by atoms with E-state index in [-0.39, 0.29) is 5.91 Å². The third-order valence-corrected chi connectivity index (χ3v) is 5.08. The van der Waals surface area contributed by atoms with Crippen LogP contribution < -0.4 is 15.1 Å². The van der Waals surface area contributed by atoms with E-state index in [0.717, 1.165) is 50.8 Å². The molecule has 0 saturated carbocycles. The average Bonchev–Trinajstić information content (AvgIpc) is 3.24. The van der Waals surface area contributed by atoms with Gasteiger partial charge in [-0.2, -0.15) is 0 Å². The fourth-order valence-corrected chi connectivity index (χ4v) is 3.60. The maximum atomic E-state index is 12.6. The molecule has 0 radical (unpaired) electrons. The summed E-state index contributed by atoms with van der Waals surface area (Å²) in [5, 5.41) is 3.02. The minimum absolute atomic E-state index is 0.0721. The quantitative estimate of drug-likeness (QED) is 0.917. The molecule has 0 unspecified atom stereocenters. The van der Waals surface area contributed by atoms with Gasteiger partial charge < -0.3 is 19.9 Å². The molecule has 5 nitrogen and oxygen atoms in total. The zero-order valence-corrected chi connectivity index (χ0v) is 15.0. The largest absolute Gasteiger partial charge is 0.378 e.